The van der Waals surface area contributed by atoms with Crippen molar-refractivity contribution in [3.05, 3.63) is 36.1 Å². The van der Waals surface area contributed by atoms with Crippen LogP contribution in [0.1, 0.15) is 30.8 Å². The lowest BCUT2D eigenvalue weighted by atomic mass is 10.1. The van der Waals surface area contributed by atoms with Gasteiger partial charge in [-0.2, -0.15) is 0 Å². The van der Waals surface area contributed by atoms with E-state index < -0.39 is 5.97 Å². The molecule has 138 valence electrons. The number of aromatic carboxylic acids is 1. The molecule has 0 radical (unpaired) electrons. The minimum absolute atomic E-state index is 0.134. The van der Waals surface area contributed by atoms with Crippen molar-refractivity contribution < 1.29 is 23.8 Å². The fraction of sp³-hybridized carbons (Fsp3) is 0.278. The molecule has 0 bridgehead atoms. The number of carbonyl (C=O) groups is 2. The molecule has 0 spiro atoms. The highest BCUT2D eigenvalue weighted by atomic mass is 32.1. The Bertz CT molecular complexity index is 829. The summed E-state index contributed by atoms with van der Waals surface area (Å²) in [5.41, 5.74) is 1.10. The number of methoxy groups -OCH3 is 1. The normalized spacial score (nSPS) is 10.5. The molecule has 0 fully saturated rings. The zero-order chi connectivity index (χ0) is 19.3. The van der Waals surface area contributed by atoms with Gasteiger partial charge >= 0.3 is 5.97 Å². The first kappa shape index (κ1) is 19.5. The Morgan fingerprint density at radius 2 is 2.00 bits per heavy atom. The highest BCUT2D eigenvalue weighted by Crippen LogP contribution is 2.32. The summed E-state index contributed by atoms with van der Waals surface area (Å²) in [6, 6.07) is 8.03. The molecule has 7 nitrogen and oxygen atoms in total. The van der Waals surface area contributed by atoms with Gasteiger partial charge in [0, 0.05) is 18.1 Å². The second kappa shape index (κ2) is 8.48. The van der Waals surface area contributed by atoms with Crippen LogP contribution in [0.5, 0.6) is 5.75 Å². The number of benzene rings is 1. The van der Waals surface area contributed by atoms with Gasteiger partial charge < -0.3 is 24.9 Å². The van der Waals surface area contributed by atoms with Crippen molar-refractivity contribution in [2.75, 3.05) is 12.4 Å². The first-order valence-corrected chi connectivity index (χ1v) is 8.33. The van der Waals surface area contributed by atoms with Gasteiger partial charge in [0.1, 0.15) is 11.5 Å². The van der Waals surface area contributed by atoms with Gasteiger partial charge in [0.2, 0.25) is 11.7 Å². The highest BCUT2D eigenvalue weighted by molar-refractivity contribution is 7.80. The average Bonchev–Trinajstić information content (AvgIpc) is 3.03. The summed E-state index contributed by atoms with van der Waals surface area (Å²) in [6.07, 6.45) is 0.354. The first-order valence-electron chi connectivity index (χ1n) is 7.92. The van der Waals surface area contributed by atoms with Crippen molar-refractivity contribution in [2.45, 2.75) is 20.3 Å². The van der Waals surface area contributed by atoms with Crippen molar-refractivity contribution in [1.29, 1.82) is 0 Å². The lowest BCUT2D eigenvalue weighted by molar-refractivity contribution is -0.120. The van der Waals surface area contributed by atoms with Gasteiger partial charge in [-0.1, -0.05) is 13.8 Å². The molecule has 2 rings (SSSR count). The van der Waals surface area contributed by atoms with Crippen LogP contribution in [0.3, 0.4) is 0 Å². The molecule has 0 saturated carbocycles. The highest BCUT2D eigenvalue weighted by Gasteiger charge is 2.16. The largest absolute Gasteiger partial charge is 0.497 e. The van der Waals surface area contributed by atoms with Crippen LogP contribution in [0.25, 0.3) is 11.3 Å². The molecule has 3 N–H and O–H groups in total. The van der Waals surface area contributed by atoms with Gasteiger partial charge in [-0.3, -0.25) is 4.79 Å². The van der Waals surface area contributed by atoms with Gasteiger partial charge in [0.25, 0.3) is 0 Å². The molecule has 1 amide bonds. The zero-order valence-corrected chi connectivity index (χ0v) is 15.5. The third-order valence-corrected chi connectivity index (χ3v) is 3.61. The maximum absolute atomic E-state index is 11.9. The van der Waals surface area contributed by atoms with Gasteiger partial charge in [0.15, 0.2) is 5.11 Å². The van der Waals surface area contributed by atoms with Crippen LogP contribution < -0.4 is 15.4 Å². The maximum atomic E-state index is 11.9. The zero-order valence-electron chi connectivity index (χ0n) is 14.7. The number of hydrogen-bond donors (Lipinski definition) is 3. The van der Waals surface area contributed by atoms with Crippen molar-refractivity contribution in [1.82, 2.24) is 5.32 Å². The second-order valence-electron chi connectivity index (χ2n) is 5.98. The molecule has 0 aliphatic heterocycles. The Kier molecular flexibility index (Phi) is 6.35. The standard InChI is InChI=1S/C18H20N2O5S/c1-10(2)8-16(21)20-18(26)19-13-9-11(24-3)4-5-12(13)14-6-7-15(25-14)17(22)23/h4-7,9-10H,8H2,1-3H3,(H,22,23)(H2,19,20,21,26). The monoisotopic (exact) mass is 376 g/mol. The van der Waals surface area contributed by atoms with Crippen LogP contribution in [-0.4, -0.2) is 29.2 Å². The Labute approximate surface area is 156 Å². The molecule has 0 aliphatic rings. The lowest BCUT2D eigenvalue weighted by Crippen LogP contribution is -2.34. The summed E-state index contributed by atoms with van der Waals surface area (Å²) >= 11 is 5.19. The number of carboxylic acid groups (broad SMARTS) is 1. The number of carbonyl (C=O) groups excluding carboxylic acids is 1. The number of amides is 1. The van der Waals surface area contributed by atoms with E-state index in [-0.39, 0.29) is 22.7 Å². The third kappa shape index (κ3) is 5.06. The molecule has 1 aromatic carbocycles. The van der Waals surface area contributed by atoms with E-state index in [0.29, 0.717) is 29.2 Å². The Hall–Kier alpha value is -2.87. The summed E-state index contributed by atoms with van der Waals surface area (Å²) in [5.74, 6) is -0.386. The van der Waals surface area contributed by atoms with E-state index in [1.54, 1.807) is 24.3 Å². The Morgan fingerprint density at radius 3 is 2.58 bits per heavy atom. The van der Waals surface area contributed by atoms with Gasteiger partial charge in [0.05, 0.1) is 12.8 Å². The summed E-state index contributed by atoms with van der Waals surface area (Å²) in [6.45, 7) is 3.88. The Balaban J connectivity index is 2.26. The molecule has 8 heteroatoms. The number of thiocarbonyl (C=S) groups is 1. The molecule has 0 atom stereocenters. The lowest BCUT2D eigenvalue weighted by Gasteiger charge is -2.14. The van der Waals surface area contributed by atoms with Crippen molar-refractivity contribution in [3.8, 4) is 17.1 Å². The van der Waals surface area contributed by atoms with E-state index in [1.807, 2.05) is 13.8 Å². The molecule has 2 aromatic rings. The smallest absolute Gasteiger partial charge is 0.371 e. The van der Waals surface area contributed by atoms with Crippen molar-refractivity contribution >= 4 is 34.9 Å². The summed E-state index contributed by atoms with van der Waals surface area (Å²) in [7, 11) is 1.52. The molecule has 0 aliphatic carbocycles. The predicted molar refractivity (Wildman–Crippen MR) is 101 cm³/mol. The molecule has 1 heterocycles. The number of nitrogens with one attached hydrogen (secondary N) is 2. The van der Waals surface area contributed by atoms with E-state index in [1.165, 1.54) is 13.2 Å². The number of anilines is 1. The minimum atomic E-state index is -1.16. The van der Waals surface area contributed by atoms with Crippen molar-refractivity contribution in [2.24, 2.45) is 5.92 Å². The topological polar surface area (TPSA) is 101 Å². The number of furan rings is 1. The molecule has 0 unspecified atom stereocenters. The van der Waals surface area contributed by atoms with Gasteiger partial charge in [-0.25, -0.2) is 4.79 Å². The molecular formula is C18H20N2O5S. The van der Waals surface area contributed by atoms with Crippen LogP contribution in [0, 0.1) is 5.92 Å². The quantitative estimate of drug-likeness (QED) is 0.663. The fourth-order valence-corrected chi connectivity index (χ4v) is 2.49. The number of hydrogen-bond acceptors (Lipinski definition) is 5. The molecule has 0 saturated heterocycles. The molecular weight excluding hydrogens is 356 g/mol. The van der Waals surface area contributed by atoms with Gasteiger partial charge in [-0.15, -0.1) is 0 Å². The minimum Gasteiger partial charge on any atom is -0.497 e. The maximum Gasteiger partial charge on any atom is 0.371 e. The first-order chi connectivity index (χ1) is 12.3. The molecule has 26 heavy (non-hydrogen) atoms. The van der Waals surface area contributed by atoms with Gasteiger partial charge in [-0.05, 0) is 42.4 Å². The Morgan fingerprint density at radius 1 is 1.27 bits per heavy atom. The average molecular weight is 376 g/mol. The van der Waals surface area contributed by atoms with E-state index in [4.69, 9.17) is 26.5 Å². The SMILES string of the molecule is COc1ccc(-c2ccc(C(=O)O)o2)c(NC(=S)NC(=O)CC(C)C)c1. The second-order valence-corrected chi connectivity index (χ2v) is 6.39. The van der Waals surface area contributed by atoms with E-state index >= 15 is 0 Å². The van der Waals surface area contributed by atoms with Crippen LogP contribution in [0.15, 0.2) is 34.7 Å². The van der Waals surface area contributed by atoms with E-state index in [9.17, 15) is 9.59 Å². The van der Waals surface area contributed by atoms with Crippen LogP contribution >= 0.6 is 12.2 Å². The van der Waals surface area contributed by atoms with Crippen LogP contribution in [0.2, 0.25) is 0 Å². The summed E-state index contributed by atoms with van der Waals surface area (Å²) < 4.78 is 10.6. The van der Waals surface area contributed by atoms with Crippen molar-refractivity contribution in [3.63, 3.8) is 0 Å². The van der Waals surface area contributed by atoms with Crippen LogP contribution in [0.4, 0.5) is 5.69 Å². The number of ether oxygens (including phenoxy) is 1. The fourth-order valence-electron chi connectivity index (χ4n) is 2.27. The number of rotatable bonds is 6. The summed E-state index contributed by atoms with van der Waals surface area (Å²) in [5, 5.41) is 14.7. The molecule has 1 aromatic heterocycles. The summed E-state index contributed by atoms with van der Waals surface area (Å²) in [4.78, 5) is 22.9. The van der Waals surface area contributed by atoms with Crippen LogP contribution in [-0.2, 0) is 4.79 Å². The number of carboxylic acids is 1. The predicted octanol–water partition coefficient (Wildman–Crippen LogP) is 3.51. The van der Waals surface area contributed by atoms with E-state index in [2.05, 4.69) is 10.6 Å². The third-order valence-electron chi connectivity index (χ3n) is 3.40. The van der Waals surface area contributed by atoms with E-state index in [0.717, 1.165) is 0 Å².